The van der Waals surface area contributed by atoms with Gasteiger partial charge in [0, 0.05) is 39.4 Å². The molecule has 0 fully saturated rings. The number of halogens is 2. The van der Waals surface area contributed by atoms with Crippen LogP contribution in [0.25, 0.3) is 21.6 Å². The molecule has 0 bridgehead atoms. The highest BCUT2D eigenvalue weighted by molar-refractivity contribution is 7.17. The summed E-state index contributed by atoms with van der Waals surface area (Å²) in [6.45, 7) is 1.69. The van der Waals surface area contributed by atoms with Gasteiger partial charge in [0.2, 0.25) is 11.9 Å². The molecule has 0 aliphatic rings. The average molecular weight is 543 g/mol. The van der Waals surface area contributed by atoms with Crippen molar-refractivity contribution in [1.82, 2.24) is 24.6 Å². The number of aromatic nitrogens is 4. The van der Waals surface area contributed by atoms with E-state index in [0.717, 1.165) is 16.3 Å². The first-order valence-corrected chi connectivity index (χ1v) is 12.5. The second-order valence-corrected chi connectivity index (χ2v) is 9.58. The first-order chi connectivity index (χ1) is 18.2. The molecule has 200 valence electrons. The van der Waals surface area contributed by atoms with Gasteiger partial charge in [0.05, 0.1) is 33.0 Å². The number of anilines is 4. The second-order valence-electron chi connectivity index (χ2n) is 8.66. The predicted molar refractivity (Wildman–Crippen MR) is 147 cm³/mol. The normalized spacial score (nSPS) is 11.3. The topological polar surface area (TPSA) is 100 Å². The summed E-state index contributed by atoms with van der Waals surface area (Å²) in [5.41, 5.74) is 3.24. The maximum atomic E-state index is 13.4. The van der Waals surface area contributed by atoms with Crippen molar-refractivity contribution in [3.8, 4) is 17.1 Å². The summed E-state index contributed by atoms with van der Waals surface area (Å²) in [5, 5.41) is 12.2. The van der Waals surface area contributed by atoms with Gasteiger partial charge in [0.1, 0.15) is 5.69 Å². The van der Waals surface area contributed by atoms with E-state index in [1.807, 2.05) is 42.4 Å². The molecule has 1 amide bonds. The maximum absolute atomic E-state index is 13.4. The summed E-state index contributed by atoms with van der Waals surface area (Å²) >= 11 is 1.54. The molecule has 0 aliphatic carbocycles. The van der Waals surface area contributed by atoms with Crippen LogP contribution in [-0.2, 0) is 11.8 Å². The van der Waals surface area contributed by atoms with Gasteiger partial charge < -0.3 is 25.2 Å². The minimum atomic E-state index is -3.07. The van der Waals surface area contributed by atoms with Crippen molar-refractivity contribution in [3.63, 3.8) is 0 Å². The molecule has 10 nitrogen and oxygen atoms in total. The van der Waals surface area contributed by atoms with E-state index in [1.165, 1.54) is 12.1 Å². The van der Waals surface area contributed by atoms with Gasteiger partial charge in [0.15, 0.2) is 5.75 Å². The van der Waals surface area contributed by atoms with E-state index in [9.17, 15) is 13.6 Å². The number of nitrogens with one attached hydrogen (secondary N) is 2. The third-order valence-corrected chi connectivity index (χ3v) is 6.56. The van der Waals surface area contributed by atoms with Gasteiger partial charge in [0.25, 0.3) is 0 Å². The SMILES string of the molecule is C=CC(=O)Nc1cc(Nc2nccc(-c3nn(C)c4ccsc34)n2)c(OC(F)F)cc1N(C)CCN(C)C. The summed E-state index contributed by atoms with van der Waals surface area (Å²) in [6.07, 6.45) is 2.68. The lowest BCUT2D eigenvalue weighted by Crippen LogP contribution is -2.29. The molecule has 13 heteroatoms. The molecular formula is C25H28F2N8O2S. The minimum absolute atomic E-state index is 0.129. The summed E-state index contributed by atoms with van der Waals surface area (Å²) in [7, 11) is 7.50. The third kappa shape index (κ3) is 6.06. The van der Waals surface area contributed by atoms with Gasteiger partial charge in [-0.1, -0.05) is 6.58 Å². The van der Waals surface area contributed by atoms with Crippen LogP contribution in [0.1, 0.15) is 0 Å². The number of fused-ring (bicyclic) bond motifs is 1. The summed E-state index contributed by atoms with van der Waals surface area (Å²) in [5.74, 6) is -0.434. The molecule has 0 spiro atoms. The number of carbonyl (C=O) groups excluding carboxylic acids is 1. The Balaban J connectivity index is 1.74. The molecule has 0 unspecified atom stereocenters. The lowest BCUT2D eigenvalue weighted by atomic mass is 10.2. The zero-order valence-electron chi connectivity index (χ0n) is 21.4. The fraction of sp³-hybridized carbons (Fsp3) is 0.280. The van der Waals surface area contributed by atoms with Crippen molar-refractivity contribution >= 4 is 50.5 Å². The molecule has 3 aromatic heterocycles. The summed E-state index contributed by atoms with van der Waals surface area (Å²) in [4.78, 5) is 24.8. The molecule has 0 aliphatic heterocycles. The molecule has 4 aromatic rings. The number of benzene rings is 1. The zero-order chi connectivity index (χ0) is 27.4. The fourth-order valence-corrected chi connectivity index (χ4v) is 4.66. The van der Waals surface area contributed by atoms with E-state index in [-0.39, 0.29) is 17.4 Å². The van der Waals surface area contributed by atoms with Crippen molar-refractivity contribution in [2.75, 3.05) is 49.8 Å². The highest BCUT2D eigenvalue weighted by atomic mass is 32.1. The molecule has 1 aromatic carbocycles. The van der Waals surface area contributed by atoms with Gasteiger partial charge in [-0.25, -0.2) is 9.97 Å². The summed E-state index contributed by atoms with van der Waals surface area (Å²) < 4.78 is 34.4. The van der Waals surface area contributed by atoms with Gasteiger partial charge in [-0.05, 0) is 43.8 Å². The van der Waals surface area contributed by atoms with Crippen molar-refractivity contribution in [2.45, 2.75) is 6.61 Å². The van der Waals surface area contributed by atoms with Crippen LogP contribution in [-0.4, -0.2) is 71.4 Å². The highest BCUT2D eigenvalue weighted by Gasteiger charge is 2.20. The number of nitrogens with zero attached hydrogens (tertiary/aromatic N) is 6. The van der Waals surface area contributed by atoms with Crippen LogP contribution in [0.3, 0.4) is 0 Å². The van der Waals surface area contributed by atoms with Gasteiger partial charge in [-0.2, -0.15) is 13.9 Å². The Bertz CT molecular complexity index is 1450. The maximum Gasteiger partial charge on any atom is 0.387 e. The quantitative estimate of drug-likeness (QED) is 0.266. The van der Waals surface area contributed by atoms with Crippen molar-refractivity contribution in [3.05, 3.63) is 48.5 Å². The average Bonchev–Trinajstić information content (AvgIpc) is 3.48. The fourth-order valence-electron chi connectivity index (χ4n) is 3.75. The Morgan fingerprint density at radius 2 is 2.03 bits per heavy atom. The third-order valence-electron chi connectivity index (χ3n) is 5.65. The Kier molecular flexibility index (Phi) is 8.17. The molecule has 3 heterocycles. The standard InChI is InChI=1S/C25H28F2N8O2S/c1-6-21(36)29-16-13-17(20(37-24(26)27)14-19(16)34(4)11-10-33(2)3)31-25-28-9-7-15(30-25)22-23-18(8-12-38-23)35(5)32-22/h6-9,12-14,24H,1,10-11H2,2-5H3,(H,29,36)(H,28,30,31). The number of hydrogen-bond donors (Lipinski definition) is 2. The molecule has 0 radical (unpaired) electrons. The van der Waals surface area contributed by atoms with Crippen LogP contribution >= 0.6 is 11.3 Å². The number of amides is 1. The Morgan fingerprint density at radius 3 is 2.74 bits per heavy atom. The van der Waals surface area contributed by atoms with Gasteiger partial charge >= 0.3 is 6.61 Å². The number of rotatable bonds is 11. The van der Waals surface area contributed by atoms with Gasteiger partial charge in [-0.15, -0.1) is 11.3 Å². The first kappa shape index (κ1) is 26.9. The number of hydrogen-bond acceptors (Lipinski definition) is 9. The van der Waals surface area contributed by atoms with E-state index in [2.05, 4.69) is 32.3 Å². The van der Waals surface area contributed by atoms with E-state index < -0.39 is 12.5 Å². The van der Waals surface area contributed by atoms with E-state index in [0.29, 0.717) is 35.9 Å². The van der Waals surface area contributed by atoms with Crippen LogP contribution in [0.15, 0.2) is 48.5 Å². The van der Waals surface area contributed by atoms with E-state index in [1.54, 1.807) is 35.3 Å². The first-order valence-electron chi connectivity index (χ1n) is 11.6. The number of aryl methyl sites for hydroxylation is 1. The van der Waals surface area contributed by atoms with Gasteiger partial charge in [-0.3, -0.25) is 9.48 Å². The molecule has 2 N–H and O–H groups in total. The molecule has 4 rings (SSSR count). The highest BCUT2D eigenvalue weighted by Crippen LogP contribution is 2.39. The number of carbonyl (C=O) groups is 1. The minimum Gasteiger partial charge on any atom is -0.433 e. The Morgan fingerprint density at radius 1 is 1.24 bits per heavy atom. The zero-order valence-corrected chi connectivity index (χ0v) is 22.2. The van der Waals surface area contributed by atoms with Crippen LogP contribution in [0, 0.1) is 0 Å². The van der Waals surface area contributed by atoms with Crippen molar-refractivity contribution < 1.29 is 18.3 Å². The molecule has 0 saturated heterocycles. The van der Waals surface area contributed by atoms with E-state index >= 15 is 0 Å². The monoisotopic (exact) mass is 542 g/mol. The molecule has 0 saturated carbocycles. The van der Waals surface area contributed by atoms with Crippen LogP contribution < -0.4 is 20.3 Å². The predicted octanol–water partition coefficient (Wildman–Crippen LogP) is 4.56. The van der Waals surface area contributed by atoms with Crippen LogP contribution in [0.2, 0.25) is 0 Å². The number of likely N-dealkylation sites (N-methyl/N-ethyl adjacent to an activating group) is 2. The number of alkyl halides is 2. The molecule has 0 atom stereocenters. The lowest BCUT2D eigenvalue weighted by molar-refractivity contribution is -0.111. The van der Waals surface area contributed by atoms with Crippen molar-refractivity contribution in [2.24, 2.45) is 7.05 Å². The van der Waals surface area contributed by atoms with Crippen LogP contribution in [0.4, 0.5) is 31.8 Å². The number of thiophene rings is 1. The van der Waals surface area contributed by atoms with E-state index in [4.69, 9.17) is 4.74 Å². The molecular weight excluding hydrogens is 514 g/mol. The Hall–Kier alpha value is -4.10. The summed E-state index contributed by atoms with van der Waals surface area (Å²) in [6, 6.07) is 6.65. The molecule has 38 heavy (non-hydrogen) atoms. The number of ether oxygens (including phenoxy) is 1. The van der Waals surface area contributed by atoms with Crippen LogP contribution in [0.5, 0.6) is 5.75 Å². The smallest absolute Gasteiger partial charge is 0.387 e. The lowest BCUT2D eigenvalue weighted by Gasteiger charge is -2.26. The Labute approximate surface area is 222 Å². The van der Waals surface area contributed by atoms with Crippen molar-refractivity contribution in [1.29, 1.82) is 0 Å². The largest absolute Gasteiger partial charge is 0.433 e. The second kappa shape index (κ2) is 11.5.